The summed E-state index contributed by atoms with van der Waals surface area (Å²) >= 11 is 0. The van der Waals surface area contributed by atoms with Crippen LogP contribution in [0.5, 0.6) is 5.75 Å². The minimum Gasteiger partial charge on any atom is -0.491 e. The summed E-state index contributed by atoms with van der Waals surface area (Å²) in [6.07, 6.45) is 0.445. The van der Waals surface area contributed by atoms with Crippen LogP contribution in [-0.2, 0) is 21.2 Å². The third kappa shape index (κ3) is 2.65. The molecule has 0 saturated carbocycles. The highest BCUT2D eigenvalue weighted by Gasteiger charge is 2.35. The molecule has 0 N–H and O–H groups in total. The minimum absolute atomic E-state index is 0.00909. The number of carbonyl (C=O) groups is 1. The van der Waals surface area contributed by atoms with E-state index in [1.165, 1.54) is 0 Å². The van der Waals surface area contributed by atoms with Gasteiger partial charge in [-0.15, -0.1) is 0 Å². The van der Waals surface area contributed by atoms with E-state index in [2.05, 4.69) is 0 Å². The highest BCUT2D eigenvalue weighted by Crippen LogP contribution is 2.26. The van der Waals surface area contributed by atoms with E-state index in [4.69, 9.17) is 4.74 Å². The SMILES string of the molecule is O=C([C@@H]1CCS(=O)(=O)C1)N1CCOc2ccccc2C1. The first-order valence-electron chi connectivity index (χ1n) is 6.75. The van der Waals surface area contributed by atoms with Gasteiger partial charge in [0.1, 0.15) is 12.4 Å². The summed E-state index contributed by atoms with van der Waals surface area (Å²) in [5.41, 5.74) is 0.971. The maximum Gasteiger partial charge on any atom is 0.227 e. The number of rotatable bonds is 1. The van der Waals surface area contributed by atoms with Gasteiger partial charge in [0.25, 0.3) is 0 Å². The Kier molecular flexibility index (Phi) is 3.41. The molecule has 1 amide bonds. The summed E-state index contributed by atoms with van der Waals surface area (Å²) in [4.78, 5) is 14.2. The van der Waals surface area contributed by atoms with Gasteiger partial charge in [0.2, 0.25) is 5.91 Å². The van der Waals surface area contributed by atoms with Crippen molar-refractivity contribution in [3.05, 3.63) is 29.8 Å². The summed E-state index contributed by atoms with van der Waals surface area (Å²) in [5, 5.41) is 0. The van der Waals surface area contributed by atoms with E-state index >= 15 is 0 Å². The van der Waals surface area contributed by atoms with E-state index in [9.17, 15) is 13.2 Å². The summed E-state index contributed by atoms with van der Waals surface area (Å²) in [7, 11) is -3.03. The van der Waals surface area contributed by atoms with Crippen molar-refractivity contribution in [2.75, 3.05) is 24.7 Å². The molecule has 1 atom stereocenters. The molecule has 108 valence electrons. The van der Waals surface area contributed by atoms with E-state index in [0.29, 0.717) is 26.1 Å². The third-order valence-electron chi connectivity index (χ3n) is 3.85. The van der Waals surface area contributed by atoms with Crippen LogP contribution in [0.4, 0.5) is 0 Å². The molecule has 20 heavy (non-hydrogen) atoms. The lowest BCUT2D eigenvalue weighted by atomic mass is 10.1. The van der Waals surface area contributed by atoms with Gasteiger partial charge in [0.05, 0.1) is 24.0 Å². The first kappa shape index (κ1) is 13.4. The minimum atomic E-state index is -3.03. The Morgan fingerprint density at radius 2 is 2.10 bits per heavy atom. The lowest BCUT2D eigenvalue weighted by Gasteiger charge is -2.22. The Labute approximate surface area is 118 Å². The third-order valence-corrected chi connectivity index (χ3v) is 5.61. The number of carbonyl (C=O) groups excluding carboxylic acids is 1. The average Bonchev–Trinajstić information content (AvgIpc) is 2.67. The predicted molar refractivity (Wildman–Crippen MR) is 74.1 cm³/mol. The molecule has 6 heteroatoms. The van der Waals surface area contributed by atoms with E-state index in [1.807, 2.05) is 24.3 Å². The van der Waals surface area contributed by atoms with Crippen LogP contribution in [0.2, 0.25) is 0 Å². The van der Waals surface area contributed by atoms with Crippen LogP contribution in [0.15, 0.2) is 24.3 Å². The maximum atomic E-state index is 12.5. The largest absolute Gasteiger partial charge is 0.491 e. The number of ether oxygens (including phenoxy) is 1. The summed E-state index contributed by atoms with van der Waals surface area (Å²) in [6.45, 7) is 1.44. The molecular formula is C14H17NO4S. The van der Waals surface area contributed by atoms with Crippen LogP contribution in [0.25, 0.3) is 0 Å². The smallest absolute Gasteiger partial charge is 0.227 e. The van der Waals surface area contributed by atoms with Crippen molar-refractivity contribution in [3.8, 4) is 5.75 Å². The first-order chi connectivity index (χ1) is 9.55. The molecular weight excluding hydrogens is 278 g/mol. The topological polar surface area (TPSA) is 63.7 Å². The van der Waals surface area contributed by atoms with Crippen molar-refractivity contribution in [1.82, 2.24) is 4.90 Å². The van der Waals surface area contributed by atoms with Gasteiger partial charge in [-0.25, -0.2) is 8.42 Å². The van der Waals surface area contributed by atoms with E-state index < -0.39 is 9.84 Å². The number of benzene rings is 1. The lowest BCUT2D eigenvalue weighted by Crippen LogP contribution is -2.37. The zero-order chi connectivity index (χ0) is 14.2. The Morgan fingerprint density at radius 3 is 2.85 bits per heavy atom. The van der Waals surface area contributed by atoms with Gasteiger partial charge in [-0.2, -0.15) is 0 Å². The normalized spacial score (nSPS) is 24.6. The molecule has 1 aromatic carbocycles. The monoisotopic (exact) mass is 295 g/mol. The van der Waals surface area contributed by atoms with Crippen molar-refractivity contribution in [1.29, 1.82) is 0 Å². The lowest BCUT2D eigenvalue weighted by molar-refractivity contribution is -0.135. The predicted octanol–water partition coefficient (Wildman–Crippen LogP) is 0.842. The molecule has 0 aromatic heterocycles. The van der Waals surface area contributed by atoms with Crippen LogP contribution in [-0.4, -0.2) is 43.9 Å². The fraction of sp³-hybridized carbons (Fsp3) is 0.500. The fourth-order valence-corrected chi connectivity index (χ4v) is 4.49. The summed E-state index contributed by atoms with van der Waals surface area (Å²) in [6, 6.07) is 7.64. The molecule has 2 aliphatic heterocycles. The number of hydrogen-bond donors (Lipinski definition) is 0. The highest BCUT2D eigenvalue weighted by molar-refractivity contribution is 7.91. The van der Waals surface area contributed by atoms with Crippen LogP contribution in [0, 0.1) is 5.92 Å². The van der Waals surface area contributed by atoms with Crippen LogP contribution < -0.4 is 4.74 Å². The van der Waals surface area contributed by atoms with Gasteiger partial charge in [-0.1, -0.05) is 18.2 Å². The number of fused-ring (bicyclic) bond motifs is 1. The number of para-hydroxylation sites is 1. The number of nitrogens with zero attached hydrogens (tertiary/aromatic N) is 1. The van der Waals surface area contributed by atoms with Crippen LogP contribution in [0.3, 0.4) is 0 Å². The van der Waals surface area contributed by atoms with Crippen LogP contribution in [0.1, 0.15) is 12.0 Å². The van der Waals surface area contributed by atoms with Gasteiger partial charge in [-0.3, -0.25) is 4.79 Å². The number of amides is 1. The molecule has 0 aliphatic carbocycles. The molecule has 1 fully saturated rings. The average molecular weight is 295 g/mol. The number of hydrogen-bond acceptors (Lipinski definition) is 4. The molecule has 2 aliphatic rings. The Balaban J connectivity index is 1.76. The van der Waals surface area contributed by atoms with Gasteiger partial charge in [-0.05, 0) is 12.5 Å². The molecule has 1 aromatic rings. The van der Waals surface area contributed by atoms with Crippen molar-refractivity contribution in [2.24, 2.45) is 5.92 Å². The standard InChI is InChI=1S/C14H17NO4S/c16-14(12-5-8-20(17,18)10-12)15-6-7-19-13-4-2-1-3-11(13)9-15/h1-4,12H,5-10H2/t12-/m1/s1. The Bertz CT molecular complexity index is 626. The second-order valence-electron chi connectivity index (χ2n) is 5.32. The Morgan fingerprint density at radius 1 is 1.30 bits per heavy atom. The van der Waals surface area contributed by atoms with Crippen molar-refractivity contribution in [2.45, 2.75) is 13.0 Å². The second kappa shape index (κ2) is 5.09. The summed E-state index contributed by atoms with van der Waals surface area (Å²) in [5.74, 6) is 0.480. The zero-order valence-corrected chi connectivity index (χ0v) is 11.9. The van der Waals surface area contributed by atoms with E-state index in [1.54, 1.807) is 4.90 Å². The van der Waals surface area contributed by atoms with Crippen LogP contribution >= 0.6 is 0 Å². The zero-order valence-electron chi connectivity index (χ0n) is 11.1. The van der Waals surface area contributed by atoms with Gasteiger partial charge >= 0.3 is 0 Å². The summed E-state index contributed by atoms with van der Waals surface area (Å²) < 4.78 is 28.6. The van der Waals surface area contributed by atoms with Crippen molar-refractivity contribution in [3.63, 3.8) is 0 Å². The Hall–Kier alpha value is -1.56. The molecule has 0 spiro atoms. The molecule has 0 bridgehead atoms. The molecule has 2 heterocycles. The highest BCUT2D eigenvalue weighted by atomic mass is 32.2. The first-order valence-corrected chi connectivity index (χ1v) is 8.57. The van der Waals surface area contributed by atoms with Gasteiger partial charge < -0.3 is 9.64 Å². The fourth-order valence-electron chi connectivity index (χ4n) is 2.76. The van der Waals surface area contributed by atoms with E-state index in [-0.39, 0.29) is 23.3 Å². The molecule has 3 rings (SSSR count). The maximum absolute atomic E-state index is 12.5. The molecule has 0 unspecified atom stereocenters. The van der Waals surface area contributed by atoms with Crippen molar-refractivity contribution < 1.29 is 17.9 Å². The number of sulfone groups is 1. The van der Waals surface area contributed by atoms with Gasteiger partial charge in [0, 0.05) is 12.1 Å². The van der Waals surface area contributed by atoms with Crippen molar-refractivity contribution >= 4 is 15.7 Å². The van der Waals surface area contributed by atoms with E-state index in [0.717, 1.165) is 11.3 Å². The second-order valence-corrected chi connectivity index (χ2v) is 7.54. The quantitative estimate of drug-likeness (QED) is 0.770. The molecule has 0 radical (unpaired) electrons. The molecule has 1 saturated heterocycles. The van der Waals surface area contributed by atoms with Gasteiger partial charge in [0.15, 0.2) is 9.84 Å². The molecule has 5 nitrogen and oxygen atoms in total.